The maximum atomic E-state index is 12.1. The first-order valence-corrected chi connectivity index (χ1v) is 7.84. The summed E-state index contributed by atoms with van der Waals surface area (Å²) in [5.74, 6) is -0.909. The predicted octanol–water partition coefficient (Wildman–Crippen LogP) is 3.05. The number of alkyl halides is 3. The Morgan fingerprint density at radius 1 is 1.11 bits per heavy atom. The van der Waals surface area contributed by atoms with Crippen LogP contribution in [0.3, 0.4) is 0 Å². The average molecular weight is 381 g/mol. The topological polar surface area (TPSA) is 65.1 Å². The Labute approximate surface area is 152 Å². The molecule has 0 atom stereocenters. The molecule has 2 aromatic rings. The Hall–Kier alpha value is -3.23. The van der Waals surface area contributed by atoms with E-state index in [1.165, 1.54) is 17.0 Å². The number of ether oxygens (including phenoxy) is 3. The van der Waals surface area contributed by atoms with E-state index in [0.717, 1.165) is 12.1 Å². The lowest BCUT2D eigenvalue weighted by Crippen LogP contribution is -2.42. The summed E-state index contributed by atoms with van der Waals surface area (Å²) in [5.41, 5.74) is 0.950. The van der Waals surface area contributed by atoms with Gasteiger partial charge in [-0.3, -0.25) is 14.5 Å². The molecule has 9 heteroatoms. The van der Waals surface area contributed by atoms with Crippen LogP contribution in [0.1, 0.15) is 5.56 Å². The van der Waals surface area contributed by atoms with Crippen LogP contribution < -0.4 is 14.4 Å². The molecule has 142 valence electrons. The van der Waals surface area contributed by atoms with Gasteiger partial charge in [0, 0.05) is 0 Å². The molecule has 0 unspecified atom stereocenters. The first-order chi connectivity index (χ1) is 12.8. The summed E-state index contributed by atoms with van der Waals surface area (Å²) in [4.78, 5) is 25.3. The Bertz CT molecular complexity index is 836. The number of fused-ring (bicyclic) bond motifs is 1. The van der Waals surface area contributed by atoms with Gasteiger partial charge in [-0.25, -0.2) is 0 Å². The van der Waals surface area contributed by atoms with Gasteiger partial charge in [0.2, 0.25) is 0 Å². The van der Waals surface area contributed by atoms with Crippen LogP contribution in [0.25, 0.3) is 0 Å². The zero-order valence-corrected chi connectivity index (χ0v) is 13.9. The van der Waals surface area contributed by atoms with E-state index in [1.807, 2.05) is 0 Å². The Morgan fingerprint density at radius 2 is 1.81 bits per heavy atom. The van der Waals surface area contributed by atoms with Crippen molar-refractivity contribution in [2.45, 2.75) is 13.0 Å². The maximum Gasteiger partial charge on any atom is 0.573 e. The van der Waals surface area contributed by atoms with Gasteiger partial charge in [-0.2, -0.15) is 0 Å². The molecule has 0 radical (unpaired) electrons. The number of esters is 1. The van der Waals surface area contributed by atoms with Crippen LogP contribution in [0.4, 0.5) is 18.9 Å². The lowest BCUT2D eigenvalue weighted by Gasteiger charge is -2.28. The molecular formula is C18H14F3NO5. The van der Waals surface area contributed by atoms with Crippen LogP contribution in [0, 0.1) is 0 Å². The zero-order chi connectivity index (χ0) is 19.4. The minimum Gasteiger partial charge on any atom is -0.482 e. The standard InChI is InChI=1S/C18H14F3NO5/c19-18(20,21)27-13-7-5-12(6-8-13)10-26-17(24)9-22-14-3-1-2-4-15(14)25-11-16(22)23/h1-8H,9-11H2. The SMILES string of the molecule is O=C(CN1C(=O)COc2ccccc21)OCc1ccc(OC(F)(F)F)cc1. The van der Waals surface area contributed by atoms with E-state index in [0.29, 0.717) is 17.0 Å². The number of amides is 1. The third-order valence-corrected chi connectivity index (χ3v) is 3.65. The molecule has 0 aromatic heterocycles. The monoisotopic (exact) mass is 381 g/mol. The highest BCUT2D eigenvalue weighted by atomic mass is 19.4. The molecule has 0 spiro atoms. The van der Waals surface area contributed by atoms with Crippen LogP contribution in [-0.4, -0.2) is 31.4 Å². The second kappa shape index (κ2) is 7.56. The molecule has 3 rings (SSSR count). The van der Waals surface area contributed by atoms with E-state index < -0.39 is 12.3 Å². The minimum atomic E-state index is -4.77. The van der Waals surface area contributed by atoms with E-state index in [1.54, 1.807) is 24.3 Å². The number of carbonyl (C=O) groups excluding carboxylic acids is 2. The lowest BCUT2D eigenvalue weighted by molar-refractivity contribution is -0.274. The van der Waals surface area contributed by atoms with Gasteiger partial charge in [-0.05, 0) is 29.8 Å². The van der Waals surface area contributed by atoms with Crippen LogP contribution in [0.15, 0.2) is 48.5 Å². The molecule has 2 aromatic carbocycles. The van der Waals surface area contributed by atoms with Gasteiger partial charge in [0.15, 0.2) is 6.61 Å². The molecule has 0 N–H and O–H groups in total. The number of hydrogen-bond donors (Lipinski definition) is 0. The summed E-state index contributed by atoms with van der Waals surface area (Å²) in [6.45, 7) is -0.620. The van der Waals surface area contributed by atoms with E-state index in [-0.39, 0.29) is 31.4 Å². The van der Waals surface area contributed by atoms with Gasteiger partial charge in [-0.1, -0.05) is 24.3 Å². The van der Waals surface area contributed by atoms with Gasteiger partial charge in [-0.15, -0.1) is 13.2 Å². The Kier molecular flexibility index (Phi) is 5.20. The summed E-state index contributed by atoms with van der Waals surface area (Å²) >= 11 is 0. The van der Waals surface area contributed by atoms with Crippen LogP contribution in [0.5, 0.6) is 11.5 Å². The first kappa shape index (κ1) is 18.6. The van der Waals surface area contributed by atoms with Crippen molar-refractivity contribution >= 4 is 17.6 Å². The van der Waals surface area contributed by atoms with Gasteiger partial charge in [0.05, 0.1) is 5.69 Å². The second-order valence-electron chi connectivity index (χ2n) is 5.59. The van der Waals surface area contributed by atoms with Gasteiger partial charge < -0.3 is 14.2 Å². The molecule has 6 nitrogen and oxygen atoms in total. The number of para-hydroxylation sites is 2. The Morgan fingerprint density at radius 3 is 2.52 bits per heavy atom. The van der Waals surface area contributed by atoms with Gasteiger partial charge >= 0.3 is 12.3 Å². The predicted molar refractivity (Wildman–Crippen MR) is 87.2 cm³/mol. The quantitative estimate of drug-likeness (QED) is 0.745. The van der Waals surface area contributed by atoms with Crippen molar-refractivity contribution < 1.29 is 37.0 Å². The number of nitrogens with zero attached hydrogens (tertiary/aromatic N) is 1. The lowest BCUT2D eigenvalue weighted by atomic mass is 10.2. The number of benzene rings is 2. The van der Waals surface area contributed by atoms with Crippen molar-refractivity contribution in [3.05, 3.63) is 54.1 Å². The molecule has 27 heavy (non-hydrogen) atoms. The van der Waals surface area contributed by atoms with Crippen molar-refractivity contribution in [2.75, 3.05) is 18.1 Å². The fraction of sp³-hybridized carbons (Fsp3) is 0.222. The molecule has 1 amide bonds. The number of halogens is 3. The van der Waals surface area contributed by atoms with Crippen LogP contribution in [-0.2, 0) is 20.9 Å². The second-order valence-corrected chi connectivity index (χ2v) is 5.59. The van der Waals surface area contributed by atoms with Crippen molar-refractivity contribution in [1.82, 2.24) is 0 Å². The van der Waals surface area contributed by atoms with Gasteiger partial charge in [0.1, 0.15) is 24.7 Å². The minimum absolute atomic E-state index is 0.148. The largest absolute Gasteiger partial charge is 0.573 e. The van der Waals surface area contributed by atoms with E-state index in [9.17, 15) is 22.8 Å². The van der Waals surface area contributed by atoms with Gasteiger partial charge in [0.25, 0.3) is 5.91 Å². The summed E-state index contributed by atoms with van der Waals surface area (Å²) in [5, 5.41) is 0. The Balaban J connectivity index is 1.56. The van der Waals surface area contributed by atoms with Crippen molar-refractivity contribution in [1.29, 1.82) is 0 Å². The number of anilines is 1. The first-order valence-electron chi connectivity index (χ1n) is 7.84. The highest BCUT2D eigenvalue weighted by molar-refractivity contribution is 6.01. The summed E-state index contributed by atoms with van der Waals surface area (Å²) in [6.07, 6.45) is -4.77. The van der Waals surface area contributed by atoms with E-state index in [4.69, 9.17) is 9.47 Å². The van der Waals surface area contributed by atoms with E-state index in [2.05, 4.69) is 4.74 Å². The highest BCUT2D eigenvalue weighted by Gasteiger charge is 2.31. The average Bonchev–Trinajstić information content (AvgIpc) is 2.62. The molecule has 0 saturated heterocycles. The molecule has 1 aliphatic heterocycles. The summed E-state index contributed by atoms with van der Waals surface area (Å²) in [6, 6.07) is 11.7. The fourth-order valence-corrected chi connectivity index (χ4v) is 2.45. The third-order valence-electron chi connectivity index (χ3n) is 3.65. The zero-order valence-electron chi connectivity index (χ0n) is 13.9. The molecule has 1 aliphatic rings. The number of carbonyl (C=O) groups is 2. The molecule has 1 heterocycles. The van der Waals surface area contributed by atoms with Crippen LogP contribution >= 0.6 is 0 Å². The summed E-state index contributed by atoms with van der Waals surface area (Å²) < 4.78 is 50.5. The highest BCUT2D eigenvalue weighted by Crippen LogP contribution is 2.31. The molecular weight excluding hydrogens is 367 g/mol. The smallest absolute Gasteiger partial charge is 0.482 e. The third kappa shape index (κ3) is 4.90. The van der Waals surface area contributed by atoms with Crippen molar-refractivity contribution in [2.24, 2.45) is 0 Å². The molecule has 0 aliphatic carbocycles. The summed E-state index contributed by atoms with van der Waals surface area (Å²) in [7, 11) is 0. The van der Waals surface area contributed by atoms with Crippen molar-refractivity contribution in [3.8, 4) is 11.5 Å². The fourth-order valence-electron chi connectivity index (χ4n) is 2.45. The number of hydrogen-bond acceptors (Lipinski definition) is 5. The van der Waals surface area contributed by atoms with E-state index >= 15 is 0 Å². The molecule has 0 bridgehead atoms. The maximum absolute atomic E-state index is 12.1. The van der Waals surface area contributed by atoms with Crippen LogP contribution in [0.2, 0.25) is 0 Å². The molecule has 0 saturated carbocycles. The number of rotatable bonds is 5. The normalized spacial score (nSPS) is 13.6. The molecule has 0 fully saturated rings. The van der Waals surface area contributed by atoms with Crippen molar-refractivity contribution in [3.63, 3.8) is 0 Å².